The highest BCUT2D eigenvalue weighted by Crippen LogP contribution is 2.37. The van der Waals surface area contributed by atoms with Crippen molar-refractivity contribution in [1.82, 2.24) is 0 Å². The van der Waals surface area contributed by atoms with E-state index in [-0.39, 0.29) is 11.5 Å². The highest BCUT2D eigenvalue weighted by Gasteiger charge is 2.15. The molecule has 0 aliphatic heterocycles. The van der Waals surface area contributed by atoms with Gasteiger partial charge in [-0.1, -0.05) is 30.3 Å². The van der Waals surface area contributed by atoms with E-state index in [1.807, 2.05) is 48.5 Å². The minimum atomic E-state index is -0.200. The average Bonchev–Trinajstić information content (AvgIpc) is 2.90. The third kappa shape index (κ3) is 2.73. The number of carbonyl (C=O) groups is 1. The van der Waals surface area contributed by atoms with E-state index in [2.05, 4.69) is 0 Å². The highest BCUT2D eigenvalue weighted by molar-refractivity contribution is 7.21. The molecule has 4 heteroatoms. The van der Waals surface area contributed by atoms with Crippen LogP contribution in [0.5, 0.6) is 11.5 Å². The molecule has 3 aromatic rings. The van der Waals surface area contributed by atoms with Gasteiger partial charge in [0.1, 0.15) is 16.4 Å². The van der Waals surface area contributed by atoms with Crippen LogP contribution in [0, 0.1) is 0 Å². The summed E-state index contributed by atoms with van der Waals surface area (Å²) in [5, 5.41) is 10.9. The summed E-state index contributed by atoms with van der Waals surface area (Å²) in [5.41, 5.74) is 0.898. The molecule has 3 nitrogen and oxygen atoms in total. The van der Waals surface area contributed by atoms with E-state index in [4.69, 9.17) is 4.74 Å². The van der Waals surface area contributed by atoms with Crippen LogP contribution in [0.1, 0.15) is 15.2 Å². The first-order valence-electron chi connectivity index (χ1n) is 6.76. The first-order valence-corrected chi connectivity index (χ1v) is 7.57. The number of aromatic hydroxyl groups is 1. The molecule has 1 N–H and O–H groups in total. The van der Waals surface area contributed by atoms with Crippen LogP contribution in [-0.2, 0) is 0 Å². The molecule has 0 aliphatic carbocycles. The maximum absolute atomic E-state index is 12.3. The lowest BCUT2D eigenvalue weighted by Crippen LogP contribution is -1.90. The van der Waals surface area contributed by atoms with Crippen molar-refractivity contribution in [2.24, 2.45) is 0 Å². The summed E-state index contributed by atoms with van der Waals surface area (Å²) >= 11 is 1.30. The Morgan fingerprint density at radius 2 is 1.86 bits per heavy atom. The minimum Gasteiger partial charge on any atom is -0.506 e. The van der Waals surface area contributed by atoms with Crippen molar-refractivity contribution in [2.45, 2.75) is 0 Å². The zero-order valence-electron chi connectivity index (χ0n) is 11.9. The molecule has 0 amide bonds. The summed E-state index contributed by atoms with van der Waals surface area (Å²) in [6.45, 7) is 0. The molecule has 1 aromatic heterocycles. The third-order valence-corrected chi connectivity index (χ3v) is 4.51. The topological polar surface area (TPSA) is 46.5 Å². The van der Waals surface area contributed by atoms with Crippen LogP contribution < -0.4 is 4.74 Å². The molecular formula is C18H14O3S. The summed E-state index contributed by atoms with van der Waals surface area (Å²) in [4.78, 5) is 12.6. The molecule has 1 heterocycles. The van der Waals surface area contributed by atoms with Gasteiger partial charge in [0.15, 0.2) is 5.78 Å². The van der Waals surface area contributed by atoms with Crippen LogP contribution in [0.15, 0.2) is 54.6 Å². The Bertz CT molecular complexity index is 844. The van der Waals surface area contributed by atoms with Gasteiger partial charge in [-0.25, -0.2) is 0 Å². The number of benzene rings is 2. The van der Waals surface area contributed by atoms with Gasteiger partial charge in [0.05, 0.1) is 7.11 Å². The number of carbonyl (C=O) groups excluding carboxylic acids is 1. The number of ketones is 1. The number of hydrogen-bond acceptors (Lipinski definition) is 4. The molecule has 0 fully saturated rings. The van der Waals surface area contributed by atoms with Crippen molar-refractivity contribution >= 4 is 33.3 Å². The second kappa shape index (κ2) is 6.03. The van der Waals surface area contributed by atoms with Gasteiger partial charge in [-0.05, 0) is 35.9 Å². The third-order valence-electron chi connectivity index (χ3n) is 3.34. The molecule has 0 bridgehead atoms. The van der Waals surface area contributed by atoms with Crippen LogP contribution in [0.4, 0.5) is 0 Å². The Hall–Kier alpha value is -2.59. The van der Waals surface area contributed by atoms with Crippen LogP contribution in [0.2, 0.25) is 0 Å². The summed E-state index contributed by atoms with van der Waals surface area (Å²) in [6, 6.07) is 14.8. The van der Waals surface area contributed by atoms with E-state index in [1.165, 1.54) is 17.4 Å². The normalized spacial score (nSPS) is 11.1. The maximum Gasteiger partial charge on any atom is 0.199 e. The molecule has 2 aromatic carbocycles. The molecule has 0 saturated carbocycles. The Morgan fingerprint density at radius 3 is 2.55 bits per heavy atom. The van der Waals surface area contributed by atoms with Gasteiger partial charge in [-0.15, -0.1) is 11.3 Å². The molecule has 0 unspecified atom stereocenters. The number of thiophene rings is 1. The van der Waals surface area contributed by atoms with Crippen molar-refractivity contribution in [1.29, 1.82) is 0 Å². The van der Waals surface area contributed by atoms with Crippen molar-refractivity contribution < 1.29 is 14.6 Å². The fourth-order valence-corrected chi connectivity index (χ4v) is 3.18. The number of fused-ring (bicyclic) bond motifs is 1. The molecule has 0 spiro atoms. The number of allylic oxidation sites excluding steroid dienone is 1. The van der Waals surface area contributed by atoms with E-state index in [1.54, 1.807) is 13.2 Å². The highest BCUT2D eigenvalue weighted by atomic mass is 32.1. The molecular weight excluding hydrogens is 296 g/mol. The fourth-order valence-electron chi connectivity index (χ4n) is 2.16. The molecule has 0 atom stereocenters. The Kier molecular flexibility index (Phi) is 3.94. The van der Waals surface area contributed by atoms with Crippen molar-refractivity contribution in [3.63, 3.8) is 0 Å². The predicted octanol–water partition coefficient (Wildman–Crippen LogP) is 4.51. The minimum absolute atomic E-state index is 0.0602. The van der Waals surface area contributed by atoms with E-state index in [0.717, 1.165) is 16.0 Å². The van der Waals surface area contributed by atoms with Gasteiger partial charge in [-0.3, -0.25) is 4.79 Å². The van der Waals surface area contributed by atoms with Crippen LogP contribution in [0.25, 0.3) is 16.2 Å². The summed E-state index contributed by atoms with van der Waals surface area (Å²) < 4.78 is 5.99. The molecule has 110 valence electrons. The zero-order valence-corrected chi connectivity index (χ0v) is 12.8. The SMILES string of the molecule is COc1ccc(C=CC(=O)c2sc3ccccc3c2O)cc1. The second-order valence-corrected chi connectivity index (χ2v) is 5.80. The standard InChI is InChI=1S/C18H14O3S/c1-21-13-9-6-12(7-10-13)8-11-15(19)18-17(20)14-4-2-3-5-16(14)22-18/h2-11,20H,1H3. The zero-order chi connectivity index (χ0) is 15.5. The molecule has 0 aliphatic rings. The Morgan fingerprint density at radius 1 is 1.14 bits per heavy atom. The Labute approximate surface area is 132 Å². The Balaban J connectivity index is 1.86. The smallest absolute Gasteiger partial charge is 0.199 e. The summed E-state index contributed by atoms with van der Waals surface area (Å²) in [7, 11) is 1.61. The fraction of sp³-hybridized carbons (Fsp3) is 0.0556. The average molecular weight is 310 g/mol. The van der Waals surface area contributed by atoms with E-state index in [9.17, 15) is 9.90 Å². The van der Waals surface area contributed by atoms with Crippen molar-refractivity contribution in [3.8, 4) is 11.5 Å². The van der Waals surface area contributed by atoms with Gasteiger partial charge >= 0.3 is 0 Å². The number of ether oxygens (including phenoxy) is 1. The van der Waals surface area contributed by atoms with Crippen molar-refractivity contribution in [2.75, 3.05) is 7.11 Å². The van der Waals surface area contributed by atoms with Crippen LogP contribution in [-0.4, -0.2) is 18.0 Å². The summed E-state index contributed by atoms with van der Waals surface area (Å²) in [6.07, 6.45) is 3.21. The molecule has 3 rings (SSSR count). The molecule has 22 heavy (non-hydrogen) atoms. The van der Waals surface area contributed by atoms with Gasteiger partial charge in [0, 0.05) is 10.1 Å². The maximum atomic E-state index is 12.3. The summed E-state index contributed by atoms with van der Waals surface area (Å²) in [5.74, 6) is 0.630. The largest absolute Gasteiger partial charge is 0.506 e. The monoisotopic (exact) mass is 310 g/mol. The van der Waals surface area contributed by atoms with Crippen LogP contribution >= 0.6 is 11.3 Å². The van der Waals surface area contributed by atoms with Gasteiger partial charge in [0.2, 0.25) is 0 Å². The van der Waals surface area contributed by atoms with Crippen LogP contribution in [0.3, 0.4) is 0 Å². The van der Waals surface area contributed by atoms with E-state index < -0.39 is 0 Å². The quantitative estimate of drug-likeness (QED) is 0.569. The van der Waals surface area contributed by atoms with Crippen molar-refractivity contribution in [3.05, 3.63) is 65.0 Å². The van der Waals surface area contributed by atoms with Gasteiger partial charge in [-0.2, -0.15) is 0 Å². The van der Waals surface area contributed by atoms with E-state index >= 15 is 0 Å². The van der Waals surface area contributed by atoms with E-state index in [0.29, 0.717) is 10.3 Å². The lowest BCUT2D eigenvalue weighted by Gasteiger charge is -1.99. The molecule has 0 saturated heterocycles. The number of rotatable bonds is 4. The lowest BCUT2D eigenvalue weighted by atomic mass is 10.1. The first kappa shape index (κ1) is 14.4. The predicted molar refractivity (Wildman–Crippen MR) is 89.8 cm³/mol. The number of hydrogen-bond donors (Lipinski definition) is 1. The van der Waals surface area contributed by atoms with Gasteiger partial charge < -0.3 is 9.84 Å². The second-order valence-electron chi connectivity index (χ2n) is 4.75. The molecule has 0 radical (unpaired) electrons. The van der Waals surface area contributed by atoms with Gasteiger partial charge in [0.25, 0.3) is 0 Å². The first-order chi connectivity index (χ1) is 10.7. The number of methoxy groups -OCH3 is 1. The lowest BCUT2D eigenvalue weighted by molar-refractivity contribution is 0.104.